The number of nitrogens with zero attached hydrogens (tertiary/aromatic N) is 2. The van der Waals surface area contributed by atoms with Gasteiger partial charge in [0, 0.05) is 53.0 Å². The van der Waals surface area contributed by atoms with E-state index in [0.29, 0.717) is 37.6 Å². The predicted octanol–water partition coefficient (Wildman–Crippen LogP) is 5.47. The molecule has 2 fully saturated rings. The van der Waals surface area contributed by atoms with Crippen molar-refractivity contribution < 1.29 is 4.79 Å². The fraction of sp³-hybridized carbons (Fsp3) is 0.385. The van der Waals surface area contributed by atoms with Crippen LogP contribution >= 0.6 is 46.9 Å². The minimum atomic E-state index is -0.730. The number of nitrogens with one attached hydrogen (secondary N) is 2. The molecule has 1 amide bonds. The van der Waals surface area contributed by atoms with Crippen LogP contribution in [0.5, 0.6) is 0 Å². The van der Waals surface area contributed by atoms with Gasteiger partial charge < -0.3 is 16.8 Å². The van der Waals surface area contributed by atoms with E-state index in [1.165, 1.54) is 44.5 Å². The molecule has 2 aromatic carbocycles. The summed E-state index contributed by atoms with van der Waals surface area (Å²) in [5.74, 6) is -0.730. The van der Waals surface area contributed by atoms with Gasteiger partial charge in [0.25, 0.3) is 5.91 Å². The smallest absolute Gasteiger partial charge is 0.264 e. The number of nitrogens with two attached hydrogens (primary N) is 2. The summed E-state index contributed by atoms with van der Waals surface area (Å²) in [4.78, 5) is 16.7. The Bertz CT molecular complexity index is 1090. The molecular formula is C26H33Cl3N6OS. The fourth-order valence-corrected chi connectivity index (χ4v) is 5.25. The quantitative estimate of drug-likeness (QED) is 0.186. The van der Waals surface area contributed by atoms with Crippen LogP contribution in [0.3, 0.4) is 0 Å². The Kier molecular flexibility index (Phi) is 12.5. The molecule has 0 bridgehead atoms. The van der Waals surface area contributed by atoms with Gasteiger partial charge in [-0.05, 0) is 69.1 Å². The van der Waals surface area contributed by atoms with Gasteiger partial charge in [-0.3, -0.25) is 4.79 Å². The lowest BCUT2D eigenvalue weighted by Gasteiger charge is -2.18. The van der Waals surface area contributed by atoms with Crippen molar-refractivity contribution >= 4 is 64.2 Å². The summed E-state index contributed by atoms with van der Waals surface area (Å²) in [7, 11) is 0. The second kappa shape index (κ2) is 15.6. The number of primary amides is 1. The first kappa shape index (κ1) is 29.8. The monoisotopic (exact) mass is 582 g/mol. The minimum absolute atomic E-state index is 0.0756. The standard InChI is InChI=1S/C21H22Cl3N5OS.C5H11N/c22-14-5-3-13(4-6-14)20(28-18-8-7-15(23)11-17(18)24)16(19(25)21(26)30)12-27-31-29-9-1-2-10-29;1-2-4-6-5-3-1/h3-8,11,27H,1-2,9-10,12,25H2,(H2,26,30);6H,1-5H2/b19-16-,28-20?;. The van der Waals surface area contributed by atoms with Gasteiger partial charge in [-0.25, -0.2) is 14.0 Å². The van der Waals surface area contributed by atoms with E-state index in [2.05, 4.69) is 14.3 Å². The van der Waals surface area contributed by atoms with Crippen molar-refractivity contribution in [2.24, 2.45) is 16.5 Å². The van der Waals surface area contributed by atoms with E-state index in [0.717, 1.165) is 25.9 Å². The van der Waals surface area contributed by atoms with E-state index in [4.69, 9.17) is 51.3 Å². The van der Waals surface area contributed by atoms with Gasteiger partial charge in [0.15, 0.2) is 0 Å². The number of hydrogen-bond donors (Lipinski definition) is 4. The average Bonchev–Trinajstić information content (AvgIpc) is 3.42. The molecule has 2 saturated heterocycles. The SMILES string of the molecule is C1CCNCC1.NC(=O)/C(N)=C(\CNSN1CCCC1)C(=Nc1ccc(Cl)cc1Cl)c1ccc(Cl)cc1. The lowest BCUT2D eigenvalue weighted by Crippen LogP contribution is -2.30. The number of halogens is 3. The highest BCUT2D eigenvalue weighted by atomic mass is 35.5. The molecule has 0 aromatic heterocycles. The van der Waals surface area contributed by atoms with Crippen molar-refractivity contribution in [3.8, 4) is 0 Å². The third kappa shape index (κ3) is 9.80. The molecule has 2 heterocycles. The topological polar surface area (TPSA) is 109 Å². The van der Waals surface area contributed by atoms with Gasteiger partial charge in [0.05, 0.1) is 16.4 Å². The molecule has 0 unspecified atom stereocenters. The first-order chi connectivity index (χ1) is 17.8. The van der Waals surface area contributed by atoms with Crippen LogP contribution < -0.4 is 21.5 Å². The zero-order chi connectivity index (χ0) is 26.6. The van der Waals surface area contributed by atoms with Crippen molar-refractivity contribution in [2.45, 2.75) is 32.1 Å². The van der Waals surface area contributed by atoms with Crippen molar-refractivity contribution in [3.63, 3.8) is 0 Å². The van der Waals surface area contributed by atoms with Crippen molar-refractivity contribution in [3.05, 3.63) is 74.4 Å². The van der Waals surface area contributed by atoms with Crippen LogP contribution in [0.1, 0.15) is 37.7 Å². The first-order valence-corrected chi connectivity index (χ1v) is 14.2. The van der Waals surface area contributed by atoms with Gasteiger partial charge in [0.1, 0.15) is 5.70 Å². The fourth-order valence-electron chi connectivity index (χ4n) is 3.84. The van der Waals surface area contributed by atoms with Crippen LogP contribution in [0.2, 0.25) is 15.1 Å². The third-order valence-corrected chi connectivity index (χ3v) is 7.54. The summed E-state index contributed by atoms with van der Waals surface area (Å²) in [6, 6.07) is 12.1. The van der Waals surface area contributed by atoms with Crippen molar-refractivity contribution in [1.82, 2.24) is 14.3 Å². The van der Waals surface area contributed by atoms with Gasteiger partial charge in [-0.1, -0.05) is 53.4 Å². The van der Waals surface area contributed by atoms with Crippen LogP contribution in [-0.4, -0.2) is 48.6 Å². The number of hydrogen-bond acceptors (Lipinski definition) is 7. The van der Waals surface area contributed by atoms with Gasteiger partial charge in [0.2, 0.25) is 0 Å². The van der Waals surface area contributed by atoms with E-state index >= 15 is 0 Å². The molecule has 4 rings (SSSR count). The van der Waals surface area contributed by atoms with Crippen LogP contribution in [0.15, 0.2) is 58.7 Å². The number of benzene rings is 2. The minimum Gasteiger partial charge on any atom is -0.394 e. The number of rotatable bonds is 8. The molecule has 200 valence electrons. The Balaban J connectivity index is 0.000000555. The highest BCUT2D eigenvalue weighted by Crippen LogP contribution is 2.30. The van der Waals surface area contributed by atoms with Crippen molar-refractivity contribution in [2.75, 3.05) is 32.7 Å². The van der Waals surface area contributed by atoms with E-state index in [-0.39, 0.29) is 12.2 Å². The number of carbonyl (C=O) groups is 1. The summed E-state index contributed by atoms with van der Waals surface area (Å²) in [6.45, 7) is 4.77. The molecule has 2 aliphatic heterocycles. The molecule has 0 radical (unpaired) electrons. The maximum Gasteiger partial charge on any atom is 0.264 e. The van der Waals surface area contributed by atoms with Gasteiger partial charge >= 0.3 is 0 Å². The lowest BCUT2D eigenvalue weighted by molar-refractivity contribution is -0.114. The van der Waals surface area contributed by atoms with Gasteiger partial charge in [-0.2, -0.15) is 0 Å². The Morgan fingerprint density at radius 1 is 0.946 bits per heavy atom. The number of carbonyl (C=O) groups excluding carboxylic acids is 1. The van der Waals surface area contributed by atoms with E-state index in [1.54, 1.807) is 42.5 Å². The van der Waals surface area contributed by atoms with E-state index < -0.39 is 5.91 Å². The summed E-state index contributed by atoms with van der Waals surface area (Å²) < 4.78 is 5.49. The maximum absolute atomic E-state index is 12.0. The molecule has 0 aliphatic carbocycles. The normalized spacial score (nSPS) is 17.1. The molecule has 6 N–H and O–H groups in total. The second-order valence-electron chi connectivity index (χ2n) is 8.68. The van der Waals surface area contributed by atoms with Crippen LogP contribution in [-0.2, 0) is 4.79 Å². The lowest BCUT2D eigenvalue weighted by atomic mass is 10.00. The highest BCUT2D eigenvalue weighted by molar-refractivity contribution is 7.95. The Labute approximate surface area is 238 Å². The molecule has 2 aromatic rings. The first-order valence-electron chi connectivity index (χ1n) is 12.3. The molecule has 11 heteroatoms. The molecule has 0 atom stereocenters. The number of amides is 1. The summed E-state index contributed by atoms with van der Waals surface area (Å²) in [5, 5.41) is 4.72. The average molecular weight is 584 g/mol. The van der Waals surface area contributed by atoms with Crippen LogP contribution in [0.4, 0.5) is 5.69 Å². The molecule has 2 aliphatic rings. The van der Waals surface area contributed by atoms with Gasteiger partial charge in [-0.15, -0.1) is 0 Å². The predicted molar refractivity (Wildman–Crippen MR) is 158 cm³/mol. The van der Waals surface area contributed by atoms with E-state index in [9.17, 15) is 4.79 Å². The highest BCUT2D eigenvalue weighted by Gasteiger charge is 2.19. The van der Waals surface area contributed by atoms with Crippen LogP contribution in [0.25, 0.3) is 0 Å². The molecule has 7 nitrogen and oxygen atoms in total. The second-order valence-corrected chi connectivity index (χ2v) is 10.9. The van der Waals surface area contributed by atoms with Crippen molar-refractivity contribution in [1.29, 1.82) is 0 Å². The molecule has 0 saturated carbocycles. The Morgan fingerprint density at radius 2 is 1.59 bits per heavy atom. The number of piperidine rings is 1. The van der Waals surface area contributed by atoms with Crippen LogP contribution in [0, 0.1) is 0 Å². The third-order valence-electron chi connectivity index (χ3n) is 5.85. The zero-order valence-corrected chi connectivity index (χ0v) is 23.7. The Hall–Kier alpha value is -1.78. The molecule has 37 heavy (non-hydrogen) atoms. The summed E-state index contributed by atoms with van der Waals surface area (Å²) >= 11 is 19.9. The van der Waals surface area contributed by atoms with E-state index in [1.807, 2.05) is 0 Å². The maximum atomic E-state index is 12.0. The summed E-state index contributed by atoms with van der Waals surface area (Å²) in [5.41, 5.74) is 13.7. The number of aliphatic imine (C=N–C) groups is 1. The Morgan fingerprint density at radius 3 is 2.14 bits per heavy atom. The largest absolute Gasteiger partial charge is 0.394 e. The molecule has 0 spiro atoms. The summed E-state index contributed by atoms with van der Waals surface area (Å²) in [6.07, 6.45) is 6.54. The zero-order valence-electron chi connectivity index (χ0n) is 20.6. The molecular weight excluding hydrogens is 551 g/mol.